The Morgan fingerprint density at radius 3 is 2.20 bits per heavy atom. The Bertz CT molecular complexity index is 1200. The van der Waals surface area contributed by atoms with E-state index < -0.39 is 35.7 Å². The highest BCUT2D eigenvalue weighted by atomic mass is 19.4. The van der Waals surface area contributed by atoms with E-state index in [0.717, 1.165) is 49.2 Å². The first-order chi connectivity index (χ1) is 19.3. The van der Waals surface area contributed by atoms with Gasteiger partial charge in [0.25, 0.3) is 0 Å². The van der Waals surface area contributed by atoms with Crippen LogP contribution in [0.3, 0.4) is 0 Å². The maximum Gasteiger partial charge on any atom is 0.490 e. The number of ether oxygens (including phenoxy) is 3. The van der Waals surface area contributed by atoms with Gasteiger partial charge in [0.05, 0.1) is 26.7 Å². The number of alkyl halides is 3. The van der Waals surface area contributed by atoms with Crippen molar-refractivity contribution in [1.29, 1.82) is 0 Å². The molecule has 4 rings (SSSR count). The van der Waals surface area contributed by atoms with Gasteiger partial charge in [0, 0.05) is 24.3 Å². The molecule has 0 spiro atoms. The maximum atomic E-state index is 13.9. The molecule has 1 aliphatic carbocycles. The normalized spacial score (nSPS) is 22.8. The predicted octanol–water partition coefficient (Wildman–Crippen LogP) is 6.33. The number of hydrogen-bond donors (Lipinski definition) is 0. The molecule has 3 atom stereocenters. The van der Waals surface area contributed by atoms with Crippen LogP contribution in [0.4, 0.5) is 13.2 Å². The summed E-state index contributed by atoms with van der Waals surface area (Å²) < 4.78 is 58.2. The van der Waals surface area contributed by atoms with E-state index in [1.54, 1.807) is 18.2 Å². The van der Waals surface area contributed by atoms with Gasteiger partial charge in [-0.2, -0.15) is 13.2 Å². The van der Waals surface area contributed by atoms with Crippen LogP contribution in [0.15, 0.2) is 42.5 Å². The third-order valence-electron chi connectivity index (χ3n) is 8.52. The van der Waals surface area contributed by atoms with Crippen LogP contribution in [0, 0.1) is 26.7 Å². The van der Waals surface area contributed by atoms with Crippen molar-refractivity contribution in [2.24, 2.45) is 5.92 Å². The van der Waals surface area contributed by atoms with Crippen molar-refractivity contribution < 1.29 is 41.5 Å². The first-order valence-electron chi connectivity index (χ1n) is 14.4. The molecule has 0 radical (unpaired) electrons. The standard InChI is InChI=1S/C32H41F3NO5/c1-22-19-23(2)28(24(3)20-22)39-18-10-16-36(4)17-15-27(21-36)40-29(37)31(26-13-8-9-14-26,25-11-6-5-7-12-25)41-30(38)32(33,34)35/h5-7,11-12,19-20,26-27H,8-10,13-18,21H2,1-4H3/q+1. The van der Waals surface area contributed by atoms with Crippen LogP contribution in [0.1, 0.15) is 60.8 Å². The highest BCUT2D eigenvalue weighted by molar-refractivity contribution is 5.87. The summed E-state index contributed by atoms with van der Waals surface area (Å²) in [6.07, 6.45) is -1.97. The van der Waals surface area contributed by atoms with E-state index in [-0.39, 0.29) is 5.56 Å². The molecule has 0 aromatic heterocycles. The Balaban J connectivity index is 1.45. The summed E-state index contributed by atoms with van der Waals surface area (Å²) in [5.74, 6) is -2.99. The number of hydrogen-bond acceptors (Lipinski definition) is 5. The van der Waals surface area contributed by atoms with Crippen LogP contribution in [0.2, 0.25) is 0 Å². The molecule has 41 heavy (non-hydrogen) atoms. The maximum absolute atomic E-state index is 13.9. The second kappa shape index (κ2) is 12.4. The summed E-state index contributed by atoms with van der Waals surface area (Å²) in [7, 11) is 2.08. The molecule has 2 aromatic carbocycles. The lowest BCUT2D eigenvalue weighted by Crippen LogP contribution is -2.51. The smallest absolute Gasteiger partial charge is 0.490 e. The number of carbonyl (C=O) groups is 2. The first-order valence-corrected chi connectivity index (χ1v) is 14.4. The van der Waals surface area contributed by atoms with Crippen LogP contribution in [0.25, 0.3) is 0 Å². The number of likely N-dealkylation sites (N-methyl/N-ethyl adjacent to an activating group) is 1. The van der Waals surface area contributed by atoms with Crippen LogP contribution >= 0.6 is 0 Å². The molecule has 2 fully saturated rings. The largest absolute Gasteiger partial charge is 0.493 e. The number of benzene rings is 2. The summed E-state index contributed by atoms with van der Waals surface area (Å²) in [4.78, 5) is 26.1. The number of aryl methyl sites for hydroxylation is 3. The third kappa shape index (κ3) is 7.05. The summed E-state index contributed by atoms with van der Waals surface area (Å²) in [5, 5.41) is 0. The fourth-order valence-corrected chi connectivity index (χ4v) is 6.61. The van der Waals surface area contributed by atoms with Crippen molar-refractivity contribution in [2.75, 3.05) is 33.3 Å². The van der Waals surface area contributed by atoms with Crippen LogP contribution in [-0.2, 0) is 24.7 Å². The number of likely N-dealkylation sites (tertiary alicyclic amines) is 1. The van der Waals surface area contributed by atoms with Gasteiger partial charge in [-0.25, -0.2) is 9.59 Å². The molecule has 0 amide bonds. The van der Waals surface area contributed by atoms with Gasteiger partial charge in [0.15, 0.2) is 6.10 Å². The molecule has 1 aliphatic heterocycles. The Morgan fingerprint density at radius 2 is 1.59 bits per heavy atom. The molecule has 1 saturated heterocycles. The molecule has 0 bridgehead atoms. The van der Waals surface area contributed by atoms with Crippen molar-refractivity contribution in [1.82, 2.24) is 0 Å². The van der Waals surface area contributed by atoms with E-state index in [9.17, 15) is 22.8 Å². The van der Waals surface area contributed by atoms with Gasteiger partial charge in [0.2, 0.25) is 5.60 Å². The van der Waals surface area contributed by atoms with Crippen molar-refractivity contribution >= 4 is 11.9 Å². The van der Waals surface area contributed by atoms with Crippen LogP contribution in [0.5, 0.6) is 5.75 Å². The molecule has 3 unspecified atom stereocenters. The van der Waals surface area contributed by atoms with E-state index in [4.69, 9.17) is 14.2 Å². The zero-order chi connectivity index (χ0) is 29.8. The quantitative estimate of drug-likeness (QED) is 0.188. The van der Waals surface area contributed by atoms with Gasteiger partial charge in [-0.05, 0) is 44.7 Å². The lowest BCUT2D eigenvalue weighted by molar-refractivity contribution is -0.899. The highest BCUT2D eigenvalue weighted by Gasteiger charge is 2.57. The molecule has 1 heterocycles. The molecule has 6 nitrogen and oxygen atoms in total. The molecule has 0 N–H and O–H groups in total. The van der Waals surface area contributed by atoms with Gasteiger partial charge in [-0.1, -0.05) is 60.9 Å². The lowest BCUT2D eigenvalue weighted by atomic mass is 9.79. The van der Waals surface area contributed by atoms with E-state index in [0.29, 0.717) is 36.9 Å². The number of quaternary nitrogens is 1. The van der Waals surface area contributed by atoms with Crippen LogP contribution < -0.4 is 4.74 Å². The fraction of sp³-hybridized carbons (Fsp3) is 0.562. The Morgan fingerprint density at radius 1 is 0.951 bits per heavy atom. The number of esters is 2. The Kier molecular flexibility index (Phi) is 9.36. The van der Waals surface area contributed by atoms with Crippen molar-refractivity contribution in [2.45, 2.75) is 77.2 Å². The average molecular weight is 577 g/mol. The van der Waals surface area contributed by atoms with E-state index in [2.05, 4.69) is 26.1 Å². The number of carbonyl (C=O) groups excluding carboxylic acids is 2. The summed E-state index contributed by atoms with van der Waals surface area (Å²) in [5.41, 5.74) is 1.47. The van der Waals surface area contributed by atoms with E-state index in [1.165, 1.54) is 17.7 Å². The van der Waals surface area contributed by atoms with Gasteiger partial charge < -0.3 is 18.7 Å². The third-order valence-corrected chi connectivity index (χ3v) is 8.52. The minimum atomic E-state index is -5.24. The second-order valence-electron chi connectivity index (χ2n) is 12.0. The lowest BCUT2D eigenvalue weighted by Gasteiger charge is -2.37. The minimum Gasteiger partial charge on any atom is -0.493 e. The topological polar surface area (TPSA) is 61.8 Å². The Hall–Kier alpha value is -3.07. The van der Waals surface area contributed by atoms with Gasteiger partial charge in [-0.15, -0.1) is 0 Å². The SMILES string of the molecule is Cc1cc(C)c(OCCC[N+]2(C)CCC(OC(=O)C(OC(=O)C(F)(F)F)(c3ccccc3)C3CCCC3)C2)c(C)c1. The number of halogens is 3. The second-order valence-corrected chi connectivity index (χ2v) is 12.0. The summed E-state index contributed by atoms with van der Waals surface area (Å²) >= 11 is 0. The van der Waals surface area contributed by atoms with Gasteiger partial charge >= 0.3 is 18.1 Å². The summed E-state index contributed by atoms with van der Waals surface area (Å²) in [6.45, 7) is 8.76. The molecule has 224 valence electrons. The zero-order valence-corrected chi connectivity index (χ0v) is 24.4. The van der Waals surface area contributed by atoms with Gasteiger partial charge in [0.1, 0.15) is 12.3 Å². The number of rotatable bonds is 10. The summed E-state index contributed by atoms with van der Waals surface area (Å²) in [6, 6.07) is 12.2. The van der Waals surface area contributed by atoms with Crippen molar-refractivity contribution in [3.63, 3.8) is 0 Å². The average Bonchev–Trinajstić information content (AvgIpc) is 3.57. The molecule has 2 aliphatic rings. The number of nitrogens with zero attached hydrogens (tertiary/aromatic N) is 1. The highest BCUT2D eigenvalue weighted by Crippen LogP contribution is 2.46. The Labute approximate surface area is 240 Å². The van der Waals surface area contributed by atoms with E-state index in [1.807, 2.05) is 13.8 Å². The molecule has 1 saturated carbocycles. The molecular formula is C32H41F3NO5+. The predicted molar refractivity (Wildman–Crippen MR) is 148 cm³/mol. The minimum absolute atomic E-state index is 0.212. The van der Waals surface area contributed by atoms with Gasteiger partial charge in [-0.3, -0.25) is 0 Å². The zero-order valence-electron chi connectivity index (χ0n) is 24.4. The first kappa shape index (κ1) is 30.9. The fourth-order valence-electron chi connectivity index (χ4n) is 6.61. The molecule has 9 heteroatoms. The molecular weight excluding hydrogens is 535 g/mol. The van der Waals surface area contributed by atoms with Crippen molar-refractivity contribution in [3.8, 4) is 5.75 Å². The molecule has 2 aromatic rings. The van der Waals surface area contributed by atoms with Crippen LogP contribution in [-0.4, -0.2) is 62.0 Å². The van der Waals surface area contributed by atoms with Crippen molar-refractivity contribution in [3.05, 3.63) is 64.7 Å². The van der Waals surface area contributed by atoms with E-state index >= 15 is 0 Å². The monoisotopic (exact) mass is 576 g/mol.